The van der Waals surface area contributed by atoms with Crippen LogP contribution in [-0.2, 0) is 18.1 Å². The minimum Gasteiger partial charge on any atom is -0.404 e. The predicted octanol–water partition coefficient (Wildman–Crippen LogP) is 3.07. The van der Waals surface area contributed by atoms with Crippen molar-refractivity contribution >= 4 is 13.6 Å². The predicted molar refractivity (Wildman–Crippen MR) is 58.2 cm³/mol. The average Bonchev–Trinajstić information content (AvgIpc) is 2.30. The minimum atomic E-state index is -3.50. The lowest BCUT2D eigenvalue weighted by atomic mass is 10.2. The zero-order valence-corrected chi connectivity index (χ0v) is 9.57. The first-order valence-electron chi connectivity index (χ1n) is 4.27. The normalized spacial score (nSPS) is 11.1. The monoisotopic (exact) mass is 228 g/mol. The summed E-state index contributed by atoms with van der Waals surface area (Å²) in [6.45, 7) is 3.65. The molecule has 0 N–H and O–H groups in total. The van der Waals surface area contributed by atoms with Crippen molar-refractivity contribution in [2.75, 3.05) is 14.2 Å². The fourth-order valence-corrected chi connectivity index (χ4v) is 1.63. The van der Waals surface area contributed by atoms with E-state index in [1.807, 2.05) is 18.2 Å². The van der Waals surface area contributed by atoms with Crippen molar-refractivity contribution in [3.05, 3.63) is 42.5 Å². The van der Waals surface area contributed by atoms with Crippen LogP contribution < -0.4 is 0 Å². The molecule has 0 aliphatic carbocycles. The Morgan fingerprint density at radius 2 is 1.73 bits per heavy atom. The second kappa shape index (κ2) is 5.12. The number of benzene rings is 1. The Kier molecular flexibility index (Phi) is 4.09. The van der Waals surface area contributed by atoms with Gasteiger partial charge in [0, 0.05) is 19.8 Å². The summed E-state index contributed by atoms with van der Waals surface area (Å²) in [5.41, 5.74) is 0.729. The van der Waals surface area contributed by atoms with Gasteiger partial charge in [0.2, 0.25) is 0 Å². The molecule has 0 unspecified atom stereocenters. The van der Waals surface area contributed by atoms with Crippen LogP contribution in [0, 0.1) is 0 Å². The quantitative estimate of drug-likeness (QED) is 0.573. The van der Waals surface area contributed by atoms with Gasteiger partial charge < -0.3 is 4.52 Å². The summed E-state index contributed by atoms with van der Waals surface area (Å²) < 4.78 is 25.9. The van der Waals surface area contributed by atoms with E-state index >= 15 is 0 Å². The van der Waals surface area contributed by atoms with Gasteiger partial charge in [-0.25, -0.2) is 4.57 Å². The summed E-state index contributed by atoms with van der Waals surface area (Å²) in [6, 6.07) is 9.10. The fourth-order valence-electron chi connectivity index (χ4n) is 0.961. The van der Waals surface area contributed by atoms with Gasteiger partial charge in [0.25, 0.3) is 0 Å². The maximum Gasteiger partial charge on any atom is 0.529 e. The summed E-state index contributed by atoms with van der Waals surface area (Å²) in [5, 5.41) is 0. The Bertz CT molecular complexity index is 366. The molecule has 1 aromatic carbocycles. The van der Waals surface area contributed by atoms with Gasteiger partial charge in [0.1, 0.15) is 5.76 Å². The maximum absolute atomic E-state index is 11.6. The van der Waals surface area contributed by atoms with Gasteiger partial charge in [0.15, 0.2) is 0 Å². The molecule has 0 saturated heterocycles. The molecule has 15 heavy (non-hydrogen) atoms. The smallest absolute Gasteiger partial charge is 0.404 e. The number of phosphoric ester groups is 1. The van der Waals surface area contributed by atoms with E-state index in [0.29, 0.717) is 0 Å². The van der Waals surface area contributed by atoms with Crippen molar-refractivity contribution in [3.8, 4) is 0 Å². The highest BCUT2D eigenvalue weighted by molar-refractivity contribution is 7.48. The number of hydrogen-bond donors (Lipinski definition) is 0. The summed E-state index contributed by atoms with van der Waals surface area (Å²) in [4.78, 5) is 0. The Morgan fingerprint density at radius 3 is 2.20 bits per heavy atom. The average molecular weight is 228 g/mol. The highest BCUT2D eigenvalue weighted by Gasteiger charge is 2.25. The highest BCUT2D eigenvalue weighted by atomic mass is 31.2. The lowest BCUT2D eigenvalue weighted by Crippen LogP contribution is -1.94. The van der Waals surface area contributed by atoms with Crippen molar-refractivity contribution in [1.82, 2.24) is 0 Å². The van der Waals surface area contributed by atoms with Crippen molar-refractivity contribution in [2.45, 2.75) is 0 Å². The largest absolute Gasteiger partial charge is 0.529 e. The first-order valence-corrected chi connectivity index (χ1v) is 5.73. The third kappa shape index (κ3) is 3.20. The highest BCUT2D eigenvalue weighted by Crippen LogP contribution is 2.50. The lowest BCUT2D eigenvalue weighted by Gasteiger charge is -2.15. The minimum absolute atomic E-state index is 0.252. The molecular formula is C10H13O4P. The second-order valence-electron chi connectivity index (χ2n) is 2.69. The molecule has 0 aromatic heterocycles. The summed E-state index contributed by atoms with van der Waals surface area (Å²) in [7, 11) is -0.997. The Balaban J connectivity index is 2.76. The van der Waals surface area contributed by atoms with Crippen molar-refractivity contribution in [3.63, 3.8) is 0 Å². The van der Waals surface area contributed by atoms with E-state index in [1.165, 1.54) is 14.2 Å². The standard InChI is InChI=1S/C10H13O4P/c1-9(10-7-5-4-6-8-10)14-15(11,12-2)13-3/h4-8H,1H2,2-3H3. The van der Waals surface area contributed by atoms with E-state index in [1.54, 1.807) is 12.1 Å². The molecule has 82 valence electrons. The molecule has 0 fully saturated rings. The third-order valence-electron chi connectivity index (χ3n) is 1.76. The van der Waals surface area contributed by atoms with E-state index in [0.717, 1.165) is 5.56 Å². The van der Waals surface area contributed by atoms with Crippen LogP contribution in [0.4, 0.5) is 0 Å². The van der Waals surface area contributed by atoms with Crippen molar-refractivity contribution in [1.29, 1.82) is 0 Å². The van der Waals surface area contributed by atoms with Crippen molar-refractivity contribution < 1.29 is 18.1 Å². The zero-order valence-electron chi connectivity index (χ0n) is 8.67. The molecule has 1 aromatic rings. The summed E-state index contributed by atoms with van der Waals surface area (Å²) in [6.07, 6.45) is 0. The molecule has 0 saturated carbocycles. The Morgan fingerprint density at radius 1 is 1.20 bits per heavy atom. The second-order valence-corrected chi connectivity index (χ2v) is 4.50. The molecule has 0 bridgehead atoms. The van der Waals surface area contributed by atoms with Gasteiger partial charge in [-0.1, -0.05) is 36.9 Å². The van der Waals surface area contributed by atoms with Crippen molar-refractivity contribution in [2.24, 2.45) is 0 Å². The van der Waals surface area contributed by atoms with Gasteiger partial charge in [-0.15, -0.1) is 0 Å². The Hall–Kier alpha value is -1.09. The van der Waals surface area contributed by atoms with Crippen LogP contribution in [0.5, 0.6) is 0 Å². The molecule has 5 heteroatoms. The first-order chi connectivity index (χ1) is 7.11. The van der Waals surface area contributed by atoms with Gasteiger partial charge >= 0.3 is 7.82 Å². The summed E-state index contributed by atoms with van der Waals surface area (Å²) in [5.74, 6) is 0.252. The molecule has 0 aliphatic rings. The van der Waals surface area contributed by atoms with Crippen LogP contribution >= 0.6 is 7.82 Å². The van der Waals surface area contributed by atoms with Crippen LogP contribution in [0.2, 0.25) is 0 Å². The van der Waals surface area contributed by atoms with Crippen LogP contribution in [0.15, 0.2) is 36.9 Å². The van der Waals surface area contributed by atoms with Gasteiger partial charge in [0.05, 0.1) is 0 Å². The molecule has 4 nitrogen and oxygen atoms in total. The summed E-state index contributed by atoms with van der Waals surface area (Å²) >= 11 is 0. The van der Waals surface area contributed by atoms with Crippen LogP contribution in [-0.4, -0.2) is 14.2 Å². The van der Waals surface area contributed by atoms with Gasteiger partial charge in [-0.3, -0.25) is 9.05 Å². The maximum atomic E-state index is 11.6. The van der Waals surface area contributed by atoms with Crippen LogP contribution in [0.3, 0.4) is 0 Å². The van der Waals surface area contributed by atoms with Gasteiger partial charge in [-0.05, 0) is 0 Å². The SMILES string of the molecule is C=C(OP(=O)(OC)OC)c1ccccc1. The lowest BCUT2D eigenvalue weighted by molar-refractivity contribution is 0.201. The third-order valence-corrected chi connectivity index (χ3v) is 3.10. The van der Waals surface area contributed by atoms with E-state index < -0.39 is 7.82 Å². The van der Waals surface area contributed by atoms with E-state index in [9.17, 15) is 4.57 Å². The van der Waals surface area contributed by atoms with E-state index in [-0.39, 0.29) is 5.76 Å². The molecule has 0 heterocycles. The topological polar surface area (TPSA) is 44.8 Å². The van der Waals surface area contributed by atoms with Gasteiger partial charge in [-0.2, -0.15) is 0 Å². The molecule has 0 amide bonds. The molecule has 0 radical (unpaired) electrons. The number of hydrogen-bond acceptors (Lipinski definition) is 4. The zero-order chi connectivity index (χ0) is 11.3. The number of rotatable bonds is 5. The van der Waals surface area contributed by atoms with E-state index in [2.05, 4.69) is 15.6 Å². The molecular weight excluding hydrogens is 215 g/mol. The molecule has 1 rings (SSSR count). The van der Waals surface area contributed by atoms with E-state index in [4.69, 9.17) is 4.52 Å². The molecule has 0 aliphatic heterocycles. The first kappa shape index (κ1) is 12.0. The molecule has 0 atom stereocenters. The van der Waals surface area contributed by atoms with Crippen LogP contribution in [0.25, 0.3) is 5.76 Å². The van der Waals surface area contributed by atoms with Crippen LogP contribution in [0.1, 0.15) is 5.56 Å². The Labute approximate surface area is 89.1 Å². The fraction of sp³-hybridized carbons (Fsp3) is 0.200. The molecule has 0 spiro atoms. The number of phosphoric acid groups is 1.